The molecule has 3 N–H and O–H groups in total. The quantitative estimate of drug-likeness (QED) is 0.727. The van der Waals surface area contributed by atoms with Gasteiger partial charge in [0.2, 0.25) is 0 Å². The standard InChI is InChI=1S/C13H22N2/c1-4-10(2)11(3)15-9-12-7-5-6-8-13(12)14/h5-8,10-11,15H,4,9,14H2,1-3H3. The van der Waals surface area contributed by atoms with Crippen LogP contribution in [-0.4, -0.2) is 6.04 Å². The van der Waals surface area contributed by atoms with Crippen molar-refractivity contribution < 1.29 is 0 Å². The first kappa shape index (κ1) is 12.1. The Hall–Kier alpha value is -1.02. The van der Waals surface area contributed by atoms with Gasteiger partial charge < -0.3 is 11.1 Å². The highest BCUT2D eigenvalue weighted by Gasteiger charge is 2.09. The first-order chi connectivity index (χ1) is 7.15. The Morgan fingerprint density at radius 1 is 1.27 bits per heavy atom. The molecule has 15 heavy (non-hydrogen) atoms. The molecule has 1 aromatic rings. The second-order valence-electron chi connectivity index (χ2n) is 4.25. The van der Waals surface area contributed by atoms with Crippen LogP contribution in [-0.2, 0) is 6.54 Å². The molecule has 0 radical (unpaired) electrons. The Morgan fingerprint density at radius 3 is 2.53 bits per heavy atom. The number of benzene rings is 1. The molecule has 0 saturated carbocycles. The van der Waals surface area contributed by atoms with Crippen LogP contribution in [0.5, 0.6) is 0 Å². The van der Waals surface area contributed by atoms with Crippen LogP contribution in [0.3, 0.4) is 0 Å². The van der Waals surface area contributed by atoms with Crippen molar-refractivity contribution in [2.45, 2.75) is 39.8 Å². The van der Waals surface area contributed by atoms with Gasteiger partial charge >= 0.3 is 0 Å². The minimum Gasteiger partial charge on any atom is -0.398 e. The lowest BCUT2D eigenvalue weighted by Gasteiger charge is -2.20. The molecule has 0 aliphatic carbocycles. The number of rotatable bonds is 5. The summed E-state index contributed by atoms with van der Waals surface area (Å²) >= 11 is 0. The molecule has 0 fully saturated rings. The molecule has 2 atom stereocenters. The van der Waals surface area contributed by atoms with Crippen molar-refractivity contribution in [1.29, 1.82) is 0 Å². The molecule has 84 valence electrons. The average Bonchev–Trinajstić information content (AvgIpc) is 2.26. The molecule has 1 rings (SSSR count). The van der Waals surface area contributed by atoms with Crippen LogP contribution >= 0.6 is 0 Å². The van der Waals surface area contributed by atoms with E-state index < -0.39 is 0 Å². The fourth-order valence-corrected chi connectivity index (χ4v) is 1.52. The molecule has 0 aliphatic rings. The van der Waals surface area contributed by atoms with E-state index in [0.29, 0.717) is 12.0 Å². The van der Waals surface area contributed by atoms with Crippen LogP contribution in [0, 0.1) is 5.92 Å². The van der Waals surface area contributed by atoms with E-state index in [1.165, 1.54) is 12.0 Å². The third-order valence-electron chi connectivity index (χ3n) is 3.17. The highest BCUT2D eigenvalue weighted by atomic mass is 14.9. The predicted octanol–water partition coefficient (Wildman–Crippen LogP) is 2.79. The Balaban J connectivity index is 2.47. The lowest BCUT2D eigenvalue weighted by molar-refractivity contribution is 0.390. The normalized spacial score (nSPS) is 14.9. The summed E-state index contributed by atoms with van der Waals surface area (Å²) in [5.74, 6) is 0.704. The Labute approximate surface area is 92.9 Å². The number of hydrogen-bond acceptors (Lipinski definition) is 2. The first-order valence-corrected chi connectivity index (χ1v) is 5.72. The summed E-state index contributed by atoms with van der Waals surface area (Å²) < 4.78 is 0. The van der Waals surface area contributed by atoms with Gasteiger partial charge in [-0.25, -0.2) is 0 Å². The zero-order valence-electron chi connectivity index (χ0n) is 9.96. The summed E-state index contributed by atoms with van der Waals surface area (Å²) in [6.45, 7) is 7.58. The van der Waals surface area contributed by atoms with Gasteiger partial charge in [0, 0.05) is 18.3 Å². The molecule has 0 spiro atoms. The number of para-hydroxylation sites is 1. The summed E-state index contributed by atoms with van der Waals surface area (Å²) in [5, 5.41) is 3.51. The molecule has 2 unspecified atom stereocenters. The average molecular weight is 206 g/mol. The van der Waals surface area contributed by atoms with Crippen LogP contribution in [0.4, 0.5) is 5.69 Å². The molecule has 0 bridgehead atoms. The van der Waals surface area contributed by atoms with Gasteiger partial charge in [0.1, 0.15) is 0 Å². The molecular formula is C13H22N2. The topological polar surface area (TPSA) is 38.0 Å². The molecule has 2 heteroatoms. The Bertz CT molecular complexity index is 296. The van der Waals surface area contributed by atoms with E-state index in [9.17, 15) is 0 Å². The summed E-state index contributed by atoms with van der Waals surface area (Å²) in [6, 6.07) is 8.56. The zero-order valence-corrected chi connectivity index (χ0v) is 9.96. The number of nitrogen functional groups attached to an aromatic ring is 1. The third-order valence-corrected chi connectivity index (χ3v) is 3.17. The Kier molecular flexibility index (Phi) is 4.63. The van der Waals surface area contributed by atoms with E-state index in [1.54, 1.807) is 0 Å². The zero-order chi connectivity index (χ0) is 11.3. The Morgan fingerprint density at radius 2 is 1.93 bits per heavy atom. The van der Waals surface area contributed by atoms with Gasteiger partial charge in [-0.2, -0.15) is 0 Å². The maximum absolute atomic E-state index is 5.88. The van der Waals surface area contributed by atoms with Gasteiger partial charge in [-0.05, 0) is 24.5 Å². The van der Waals surface area contributed by atoms with Gasteiger partial charge in [-0.3, -0.25) is 0 Å². The van der Waals surface area contributed by atoms with Crippen molar-refractivity contribution in [3.8, 4) is 0 Å². The van der Waals surface area contributed by atoms with Crippen LogP contribution in [0.25, 0.3) is 0 Å². The molecule has 1 aromatic carbocycles. The van der Waals surface area contributed by atoms with E-state index >= 15 is 0 Å². The predicted molar refractivity (Wildman–Crippen MR) is 66.6 cm³/mol. The van der Waals surface area contributed by atoms with Crippen molar-refractivity contribution >= 4 is 5.69 Å². The lowest BCUT2D eigenvalue weighted by atomic mass is 10.0. The van der Waals surface area contributed by atoms with Gasteiger partial charge in [-0.1, -0.05) is 38.5 Å². The van der Waals surface area contributed by atoms with Crippen LogP contribution in [0.1, 0.15) is 32.8 Å². The summed E-state index contributed by atoms with van der Waals surface area (Å²) in [7, 11) is 0. The van der Waals surface area contributed by atoms with Crippen molar-refractivity contribution in [2.75, 3.05) is 5.73 Å². The second kappa shape index (κ2) is 5.76. The van der Waals surface area contributed by atoms with Crippen molar-refractivity contribution in [3.05, 3.63) is 29.8 Å². The summed E-state index contributed by atoms with van der Waals surface area (Å²) in [6.07, 6.45) is 1.21. The minimum atomic E-state index is 0.537. The van der Waals surface area contributed by atoms with E-state index in [2.05, 4.69) is 32.2 Å². The van der Waals surface area contributed by atoms with E-state index in [0.717, 1.165) is 12.2 Å². The van der Waals surface area contributed by atoms with Crippen molar-refractivity contribution in [2.24, 2.45) is 5.92 Å². The second-order valence-corrected chi connectivity index (χ2v) is 4.25. The number of nitrogens with two attached hydrogens (primary N) is 1. The maximum Gasteiger partial charge on any atom is 0.0359 e. The molecule has 0 aliphatic heterocycles. The van der Waals surface area contributed by atoms with E-state index in [-0.39, 0.29) is 0 Å². The molecule has 0 saturated heterocycles. The van der Waals surface area contributed by atoms with Gasteiger partial charge in [0.25, 0.3) is 0 Å². The summed E-state index contributed by atoms with van der Waals surface area (Å²) in [4.78, 5) is 0. The largest absolute Gasteiger partial charge is 0.398 e. The number of nitrogens with one attached hydrogen (secondary N) is 1. The fourth-order valence-electron chi connectivity index (χ4n) is 1.52. The molecule has 0 aromatic heterocycles. The van der Waals surface area contributed by atoms with Gasteiger partial charge in [0.15, 0.2) is 0 Å². The van der Waals surface area contributed by atoms with E-state index in [1.807, 2.05) is 18.2 Å². The number of hydrogen-bond donors (Lipinski definition) is 2. The molecule has 0 heterocycles. The minimum absolute atomic E-state index is 0.537. The third kappa shape index (κ3) is 3.56. The maximum atomic E-state index is 5.88. The monoisotopic (exact) mass is 206 g/mol. The van der Waals surface area contributed by atoms with Crippen LogP contribution < -0.4 is 11.1 Å². The lowest BCUT2D eigenvalue weighted by Crippen LogP contribution is -2.31. The number of anilines is 1. The van der Waals surface area contributed by atoms with Crippen LogP contribution in [0.15, 0.2) is 24.3 Å². The fraction of sp³-hybridized carbons (Fsp3) is 0.538. The highest BCUT2D eigenvalue weighted by Crippen LogP contribution is 2.12. The van der Waals surface area contributed by atoms with Gasteiger partial charge in [-0.15, -0.1) is 0 Å². The molecule has 0 amide bonds. The van der Waals surface area contributed by atoms with Crippen molar-refractivity contribution in [1.82, 2.24) is 5.32 Å². The van der Waals surface area contributed by atoms with E-state index in [4.69, 9.17) is 5.73 Å². The van der Waals surface area contributed by atoms with Crippen molar-refractivity contribution in [3.63, 3.8) is 0 Å². The van der Waals surface area contributed by atoms with Crippen LogP contribution in [0.2, 0.25) is 0 Å². The molecule has 2 nitrogen and oxygen atoms in total. The first-order valence-electron chi connectivity index (χ1n) is 5.72. The SMILES string of the molecule is CCC(C)C(C)NCc1ccccc1N. The van der Waals surface area contributed by atoms with Gasteiger partial charge in [0.05, 0.1) is 0 Å². The smallest absolute Gasteiger partial charge is 0.0359 e. The summed E-state index contributed by atoms with van der Waals surface area (Å²) in [5.41, 5.74) is 7.94. The highest BCUT2D eigenvalue weighted by molar-refractivity contribution is 5.46. The molecular weight excluding hydrogens is 184 g/mol.